The van der Waals surface area contributed by atoms with Crippen molar-refractivity contribution in [3.05, 3.63) is 69.1 Å². The lowest BCUT2D eigenvalue weighted by molar-refractivity contribution is -0.118. The van der Waals surface area contributed by atoms with Gasteiger partial charge in [0.25, 0.3) is 5.56 Å². The number of hydrogen-bond donors (Lipinski definition) is 1. The third kappa shape index (κ3) is 6.21. The van der Waals surface area contributed by atoms with Gasteiger partial charge in [-0.3, -0.25) is 18.9 Å². The van der Waals surface area contributed by atoms with E-state index in [2.05, 4.69) is 53.3 Å². The summed E-state index contributed by atoms with van der Waals surface area (Å²) in [6.45, 7) is 8.54. The zero-order valence-corrected chi connectivity index (χ0v) is 20.3. The normalized spacial score (nSPS) is 19.3. The van der Waals surface area contributed by atoms with E-state index in [1.165, 1.54) is 58.6 Å². The number of rotatable bonds is 8. The lowest BCUT2D eigenvalue weighted by Crippen LogP contribution is -2.38. The van der Waals surface area contributed by atoms with Gasteiger partial charge in [0.05, 0.1) is 11.4 Å². The second-order valence-corrected chi connectivity index (χ2v) is 10.7. The first kappa shape index (κ1) is 23.0. The van der Waals surface area contributed by atoms with E-state index in [1.54, 1.807) is 6.20 Å². The van der Waals surface area contributed by atoms with E-state index < -0.39 is 0 Å². The average Bonchev–Trinajstić information content (AvgIpc) is 3.22. The SMILES string of the molecule is CC1CC(C)CN(Cc2ccc(CNC(=O)CSCc3cc(=O)n4ccsc4n3)cc2)C1. The first-order chi connectivity index (χ1) is 15.5. The monoisotopic (exact) mass is 470 g/mol. The maximum absolute atomic E-state index is 12.2. The molecule has 0 radical (unpaired) electrons. The highest BCUT2D eigenvalue weighted by atomic mass is 32.2. The summed E-state index contributed by atoms with van der Waals surface area (Å²) in [5.74, 6) is 2.40. The van der Waals surface area contributed by atoms with Crippen molar-refractivity contribution in [3.63, 3.8) is 0 Å². The molecule has 170 valence electrons. The number of piperidine rings is 1. The van der Waals surface area contributed by atoms with Crippen LogP contribution in [0.25, 0.3) is 4.96 Å². The lowest BCUT2D eigenvalue weighted by atomic mass is 9.91. The fourth-order valence-electron chi connectivity index (χ4n) is 4.40. The molecule has 0 aliphatic carbocycles. The molecule has 0 bridgehead atoms. The van der Waals surface area contributed by atoms with Crippen molar-refractivity contribution in [2.45, 2.75) is 39.1 Å². The molecular formula is C24H30N4O2S2. The number of aromatic nitrogens is 2. The van der Waals surface area contributed by atoms with Crippen molar-refractivity contribution in [1.82, 2.24) is 19.6 Å². The predicted octanol–water partition coefficient (Wildman–Crippen LogP) is 3.78. The quantitative estimate of drug-likeness (QED) is 0.543. The van der Waals surface area contributed by atoms with Crippen LogP contribution in [0.15, 0.2) is 46.7 Å². The standard InChI is InChI=1S/C24H30N4O2S2/c1-17-9-18(2)13-27(12-17)14-20-5-3-19(4-6-20)11-25-22(29)16-31-15-21-10-23(30)28-7-8-32-24(28)26-21/h3-8,10,17-18H,9,11-16H2,1-2H3,(H,25,29). The van der Waals surface area contributed by atoms with Gasteiger partial charge in [-0.2, -0.15) is 0 Å². The highest BCUT2D eigenvalue weighted by molar-refractivity contribution is 7.99. The molecule has 3 aromatic rings. The minimum absolute atomic E-state index is 0.00991. The minimum atomic E-state index is -0.0796. The molecule has 2 atom stereocenters. The van der Waals surface area contributed by atoms with E-state index in [4.69, 9.17) is 0 Å². The van der Waals surface area contributed by atoms with Crippen molar-refractivity contribution in [1.29, 1.82) is 0 Å². The molecule has 1 aromatic carbocycles. The van der Waals surface area contributed by atoms with E-state index in [0.29, 0.717) is 28.7 Å². The average molecular weight is 471 g/mol. The second kappa shape index (κ2) is 10.6. The Morgan fingerprint density at radius 2 is 1.91 bits per heavy atom. The molecule has 1 aliphatic heterocycles. The summed E-state index contributed by atoms with van der Waals surface area (Å²) in [4.78, 5) is 31.9. The van der Waals surface area contributed by atoms with Crippen LogP contribution in [-0.2, 0) is 23.6 Å². The molecule has 1 saturated heterocycles. The number of fused-ring (bicyclic) bond motifs is 1. The van der Waals surface area contributed by atoms with E-state index in [0.717, 1.165) is 23.9 Å². The van der Waals surface area contributed by atoms with Crippen LogP contribution < -0.4 is 10.9 Å². The molecule has 4 rings (SSSR count). The number of hydrogen-bond acceptors (Lipinski definition) is 6. The first-order valence-electron chi connectivity index (χ1n) is 11.1. The Labute approximate surface area is 197 Å². The van der Waals surface area contributed by atoms with Gasteiger partial charge in [0.15, 0.2) is 4.96 Å². The fraction of sp³-hybridized carbons (Fsp3) is 0.458. The fourth-order valence-corrected chi connectivity index (χ4v) is 5.89. The highest BCUT2D eigenvalue weighted by Crippen LogP contribution is 2.22. The van der Waals surface area contributed by atoms with Gasteiger partial charge in [0, 0.05) is 49.6 Å². The zero-order chi connectivity index (χ0) is 22.5. The van der Waals surface area contributed by atoms with Gasteiger partial charge >= 0.3 is 0 Å². The first-order valence-corrected chi connectivity index (χ1v) is 13.1. The summed E-state index contributed by atoms with van der Waals surface area (Å²) in [6.07, 6.45) is 3.05. The van der Waals surface area contributed by atoms with Crippen LogP contribution in [0.2, 0.25) is 0 Å². The summed E-state index contributed by atoms with van der Waals surface area (Å²) >= 11 is 2.90. The van der Waals surface area contributed by atoms with Crippen LogP contribution in [0.5, 0.6) is 0 Å². The minimum Gasteiger partial charge on any atom is -0.351 e. The predicted molar refractivity (Wildman–Crippen MR) is 132 cm³/mol. The van der Waals surface area contributed by atoms with Gasteiger partial charge in [0.2, 0.25) is 5.91 Å². The van der Waals surface area contributed by atoms with E-state index in [9.17, 15) is 9.59 Å². The molecule has 0 saturated carbocycles. The smallest absolute Gasteiger partial charge is 0.258 e. The molecule has 0 spiro atoms. The maximum Gasteiger partial charge on any atom is 0.258 e. The van der Waals surface area contributed by atoms with Gasteiger partial charge in [-0.1, -0.05) is 38.1 Å². The molecule has 6 nitrogen and oxygen atoms in total. The third-order valence-corrected chi connectivity index (χ3v) is 7.43. The van der Waals surface area contributed by atoms with Gasteiger partial charge in [0.1, 0.15) is 0 Å². The summed E-state index contributed by atoms with van der Waals surface area (Å²) in [7, 11) is 0. The Balaban J connectivity index is 1.19. The van der Waals surface area contributed by atoms with Crippen molar-refractivity contribution >= 4 is 34.0 Å². The second-order valence-electron chi connectivity index (χ2n) is 8.87. The molecule has 8 heteroatoms. The number of likely N-dealkylation sites (tertiary alicyclic amines) is 1. The highest BCUT2D eigenvalue weighted by Gasteiger charge is 2.21. The third-order valence-electron chi connectivity index (χ3n) is 5.70. The Morgan fingerprint density at radius 3 is 2.66 bits per heavy atom. The molecule has 3 heterocycles. The Hall–Kier alpha value is -2.16. The summed E-state index contributed by atoms with van der Waals surface area (Å²) in [5, 5.41) is 4.82. The Bertz CT molecular complexity index is 1100. The van der Waals surface area contributed by atoms with Crippen LogP contribution in [0.4, 0.5) is 0 Å². The zero-order valence-electron chi connectivity index (χ0n) is 18.6. The molecule has 2 aromatic heterocycles. The van der Waals surface area contributed by atoms with Crippen molar-refractivity contribution in [2.24, 2.45) is 11.8 Å². The number of thiazole rings is 1. The van der Waals surface area contributed by atoms with Gasteiger partial charge in [-0.15, -0.1) is 23.1 Å². The number of benzene rings is 1. The van der Waals surface area contributed by atoms with Crippen LogP contribution >= 0.6 is 23.1 Å². The van der Waals surface area contributed by atoms with Crippen LogP contribution in [-0.4, -0.2) is 39.0 Å². The number of nitrogens with one attached hydrogen (secondary N) is 1. The van der Waals surface area contributed by atoms with Crippen molar-refractivity contribution < 1.29 is 4.79 Å². The van der Waals surface area contributed by atoms with Gasteiger partial charge in [-0.25, -0.2) is 4.98 Å². The molecular weight excluding hydrogens is 440 g/mol. The maximum atomic E-state index is 12.2. The van der Waals surface area contributed by atoms with E-state index in [-0.39, 0.29) is 11.5 Å². The van der Waals surface area contributed by atoms with E-state index >= 15 is 0 Å². The number of amides is 1. The number of thioether (sulfide) groups is 1. The largest absolute Gasteiger partial charge is 0.351 e. The van der Waals surface area contributed by atoms with E-state index in [1.807, 2.05) is 5.38 Å². The molecule has 1 aliphatic rings. The Morgan fingerprint density at radius 1 is 1.19 bits per heavy atom. The number of carbonyl (C=O) groups excluding carboxylic acids is 1. The van der Waals surface area contributed by atoms with Crippen LogP contribution in [0, 0.1) is 11.8 Å². The molecule has 1 amide bonds. The number of carbonyl (C=O) groups is 1. The van der Waals surface area contributed by atoms with Crippen LogP contribution in [0.1, 0.15) is 37.1 Å². The summed E-state index contributed by atoms with van der Waals surface area (Å²) in [6, 6.07) is 10.1. The topological polar surface area (TPSA) is 66.7 Å². The van der Waals surface area contributed by atoms with Crippen molar-refractivity contribution in [2.75, 3.05) is 18.8 Å². The van der Waals surface area contributed by atoms with Crippen molar-refractivity contribution in [3.8, 4) is 0 Å². The van der Waals surface area contributed by atoms with Gasteiger partial charge < -0.3 is 5.32 Å². The summed E-state index contributed by atoms with van der Waals surface area (Å²) in [5.41, 5.74) is 3.06. The number of nitrogens with zero attached hydrogens (tertiary/aromatic N) is 3. The molecule has 32 heavy (non-hydrogen) atoms. The lowest BCUT2D eigenvalue weighted by Gasteiger charge is -2.35. The summed E-state index contributed by atoms with van der Waals surface area (Å²) < 4.78 is 1.53. The molecule has 1 N–H and O–H groups in total. The van der Waals surface area contributed by atoms with Gasteiger partial charge in [-0.05, 0) is 29.4 Å². The Kier molecular flexibility index (Phi) is 7.65. The molecule has 2 unspecified atom stereocenters. The van der Waals surface area contributed by atoms with Crippen LogP contribution in [0.3, 0.4) is 0 Å². The molecule has 1 fully saturated rings.